The van der Waals surface area contributed by atoms with Gasteiger partial charge in [0.15, 0.2) is 0 Å². The average molecular weight is 412 g/mol. The molecule has 5 nitrogen and oxygen atoms in total. The molecule has 0 radical (unpaired) electrons. The molecule has 1 fully saturated rings. The average Bonchev–Trinajstić information content (AvgIpc) is 3.43. The van der Waals surface area contributed by atoms with E-state index in [-0.39, 0.29) is 11.7 Å². The maximum atomic E-state index is 13.1. The first-order valence-electron chi connectivity index (χ1n) is 9.51. The van der Waals surface area contributed by atoms with Gasteiger partial charge < -0.3 is 15.0 Å². The van der Waals surface area contributed by atoms with Gasteiger partial charge in [0.05, 0.1) is 7.11 Å². The maximum Gasteiger partial charge on any atom is 0.270 e. The Labute approximate surface area is 173 Å². The zero-order valence-corrected chi connectivity index (χ0v) is 16.9. The van der Waals surface area contributed by atoms with Crippen LogP contribution in [0.1, 0.15) is 16.9 Å². The van der Waals surface area contributed by atoms with Gasteiger partial charge in [-0.25, -0.2) is 9.37 Å². The Kier molecular flexibility index (Phi) is 5.76. The SMILES string of the molecule is COc1ccc(-c2nc(C(=O)NCC3CCN(c4ccc(F)cc4)C3)cs2)cc1. The number of aromatic nitrogens is 1. The van der Waals surface area contributed by atoms with E-state index in [0.29, 0.717) is 18.2 Å². The first-order valence-corrected chi connectivity index (χ1v) is 10.4. The molecule has 1 aliphatic heterocycles. The Morgan fingerprint density at radius 2 is 2.00 bits per heavy atom. The van der Waals surface area contributed by atoms with Crippen LogP contribution in [0.4, 0.5) is 10.1 Å². The predicted octanol–water partition coefficient (Wildman–Crippen LogP) is 4.21. The van der Waals surface area contributed by atoms with Crippen LogP contribution in [0.15, 0.2) is 53.9 Å². The molecule has 7 heteroatoms. The molecule has 1 atom stereocenters. The fourth-order valence-electron chi connectivity index (χ4n) is 3.46. The van der Waals surface area contributed by atoms with Crippen LogP contribution in [-0.4, -0.2) is 37.6 Å². The number of hydrogen-bond acceptors (Lipinski definition) is 5. The van der Waals surface area contributed by atoms with Gasteiger partial charge in [0.2, 0.25) is 0 Å². The molecule has 1 aromatic heterocycles. The van der Waals surface area contributed by atoms with E-state index in [1.807, 2.05) is 24.3 Å². The van der Waals surface area contributed by atoms with Gasteiger partial charge in [-0.1, -0.05) is 0 Å². The number of carbonyl (C=O) groups is 1. The molecule has 1 aliphatic rings. The van der Waals surface area contributed by atoms with Crippen LogP contribution in [0.25, 0.3) is 10.6 Å². The maximum absolute atomic E-state index is 13.1. The second-order valence-electron chi connectivity index (χ2n) is 7.05. The second-order valence-corrected chi connectivity index (χ2v) is 7.91. The Hall–Kier alpha value is -2.93. The number of nitrogens with zero attached hydrogens (tertiary/aromatic N) is 2. The van der Waals surface area contributed by atoms with Gasteiger partial charge in [-0.3, -0.25) is 4.79 Å². The van der Waals surface area contributed by atoms with E-state index in [0.717, 1.165) is 41.5 Å². The number of carbonyl (C=O) groups excluding carboxylic acids is 1. The lowest BCUT2D eigenvalue weighted by Gasteiger charge is -2.18. The topological polar surface area (TPSA) is 54.5 Å². The lowest BCUT2D eigenvalue weighted by atomic mass is 10.1. The number of thiazole rings is 1. The zero-order chi connectivity index (χ0) is 20.2. The smallest absolute Gasteiger partial charge is 0.270 e. The number of rotatable bonds is 6. The van der Waals surface area contributed by atoms with E-state index in [9.17, 15) is 9.18 Å². The highest BCUT2D eigenvalue weighted by molar-refractivity contribution is 7.13. The van der Waals surface area contributed by atoms with Crippen LogP contribution < -0.4 is 15.0 Å². The van der Waals surface area contributed by atoms with Crippen molar-refractivity contribution in [3.63, 3.8) is 0 Å². The Morgan fingerprint density at radius 3 is 2.72 bits per heavy atom. The summed E-state index contributed by atoms with van der Waals surface area (Å²) in [5.74, 6) is 0.772. The molecule has 0 aliphatic carbocycles. The van der Waals surface area contributed by atoms with Crippen LogP contribution >= 0.6 is 11.3 Å². The molecule has 4 rings (SSSR count). The summed E-state index contributed by atoms with van der Waals surface area (Å²) in [6.07, 6.45) is 0.992. The second kappa shape index (κ2) is 8.61. The molecule has 2 heterocycles. The van der Waals surface area contributed by atoms with E-state index in [1.54, 1.807) is 24.6 Å². The third kappa shape index (κ3) is 4.56. The van der Waals surface area contributed by atoms with Crippen LogP contribution in [-0.2, 0) is 0 Å². The van der Waals surface area contributed by atoms with Crippen LogP contribution in [0.2, 0.25) is 0 Å². The number of ether oxygens (including phenoxy) is 1. The zero-order valence-electron chi connectivity index (χ0n) is 16.1. The van der Waals surface area contributed by atoms with Crippen molar-refractivity contribution in [3.8, 4) is 16.3 Å². The summed E-state index contributed by atoms with van der Waals surface area (Å²) < 4.78 is 18.3. The summed E-state index contributed by atoms with van der Waals surface area (Å²) >= 11 is 1.45. The molecule has 0 spiro atoms. The van der Waals surface area contributed by atoms with Crippen molar-refractivity contribution in [3.05, 3.63) is 65.4 Å². The third-order valence-corrected chi connectivity index (χ3v) is 5.99. The molecular weight excluding hydrogens is 389 g/mol. The predicted molar refractivity (Wildman–Crippen MR) is 113 cm³/mol. The van der Waals surface area contributed by atoms with Crippen LogP contribution in [0.3, 0.4) is 0 Å². The molecule has 1 amide bonds. The molecule has 1 unspecified atom stereocenters. The summed E-state index contributed by atoms with van der Waals surface area (Å²) in [5, 5.41) is 5.60. The van der Waals surface area contributed by atoms with Crippen molar-refractivity contribution in [1.82, 2.24) is 10.3 Å². The highest BCUT2D eigenvalue weighted by atomic mass is 32.1. The molecule has 0 bridgehead atoms. The van der Waals surface area contributed by atoms with Gasteiger partial charge in [0, 0.05) is 36.3 Å². The normalized spacial score (nSPS) is 16.1. The molecule has 3 aromatic rings. The minimum absolute atomic E-state index is 0.152. The molecule has 1 saturated heterocycles. The lowest BCUT2D eigenvalue weighted by Crippen LogP contribution is -2.31. The van der Waals surface area contributed by atoms with Crippen LogP contribution in [0, 0.1) is 11.7 Å². The van der Waals surface area contributed by atoms with Gasteiger partial charge in [-0.15, -0.1) is 11.3 Å². The van der Waals surface area contributed by atoms with Crippen molar-refractivity contribution in [1.29, 1.82) is 0 Å². The molecule has 1 N–H and O–H groups in total. The van der Waals surface area contributed by atoms with E-state index in [1.165, 1.54) is 23.5 Å². The Morgan fingerprint density at radius 1 is 1.24 bits per heavy atom. The summed E-state index contributed by atoms with van der Waals surface area (Å²) in [5.41, 5.74) is 2.42. The third-order valence-electron chi connectivity index (χ3n) is 5.10. The minimum atomic E-state index is -0.228. The number of anilines is 1. The molecule has 0 saturated carbocycles. The largest absolute Gasteiger partial charge is 0.497 e. The standard InChI is InChI=1S/C22H22FN3O2S/c1-28-19-8-2-16(3-9-19)22-25-20(14-29-22)21(27)24-12-15-10-11-26(13-15)18-6-4-17(23)5-7-18/h2-9,14-15H,10-13H2,1H3,(H,24,27). The minimum Gasteiger partial charge on any atom is -0.497 e. The monoisotopic (exact) mass is 411 g/mol. The van der Waals surface area contributed by atoms with Crippen molar-refractivity contribution in [2.24, 2.45) is 5.92 Å². The Balaban J connectivity index is 1.31. The quantitative estimate of drug-likeness (QED) is 0.660. The fraction of sp³-hybridized carbons (Fsp3) is 0.273. The van der Waals surface area contributed by atoms with Crippen molar-refractivity contribution in [2.75, 3.05) is 31.6 Å². The molecule has 29 heavy (non-hydrogen) atoms. The number of hydrogen-bond donors (Lipinski definition) is 1. The fourth-order valence-corrected chi connectivity index (χ4v) is 4.26. The summed E-state index contributed by atoms with van der Waals surface area (Å²) in [4.78, 5) is 19.2. The summed E-state index contributed by atoms with van der Waals surface area (Å²) in [6.45, 7) is 2.36. The number of halogens is 1. The number of methoxy groups -OCH3 is 1. The van der Waals surface area contributed by atoms with E-state index in [4.69, 9.17) is 4.74 Å². The highest BCUT2D eigenvalue weighted by Gasteiger charge is 2.23. The van der Waals surface area contributed by atoms with Gasteiger partial charge in [-0.2, -0.15) is 0 Å². The first kappa shape index (κ1) is 19.4. The number of amides is 1. The first-order chi connectivity index (χ1) is 14.1. The van der Waals surface area contributed by atoms with Gasteiger partial charge in [0.1, 0.15) is 22.3 Å². The van der Waals surface area contributed by atoms with E-state index >= 15 is 0 Å². The lowest BCUT2D eigenvalue weighted by molar-refractivity contribution is 0.0944. The summed E-state index contributed by atoms with van der Waals surface area (Å²) in [7, 11) is 1.63. The van der Waals surface area contributed by atoms with Crippen molar-refractivity contribution < 1.29 is 13.9 Å². The van der Waals surface area contributed by atoms with Gasteiger partial charge in [0.25, 0.3) is 5.91 Å². The molecule has 2 aromatic carbocycles. The van der Waals surface area contributed by atoms with E-state index in [2.05, 4.69) is 15.2 Å². The van der Waals surface area contributed by atoms with Crippen molar-refractivity contribution in [2.45, 2.75) is 6.42 Å². The van der Waals surface area contributed by atoms with Gasteiger partial charge in [-0.05, 0) is 60.9 Å². The Bertz CT molecular complexity index is 972. The number of benzene rings is 2. The molecule has 150 valence electrons. The number of nitrogens with one attached hydrogen (secondary N) is 1. The van der Waals surface area contributed by atoms with Crippen LogP contribution in [0.5, 0.6) is 5.75 Å². The summed E-state index contributed by atoms with van der Waals surface area (Å²) in [6, 6.07) is 14.2. The molecular formula is C22H22FN3O2S. The highest BCUT2D eigenvalue weighted by Crippen LogP contribution is 2.26. The van der Waals surface area contributed by atoms with Crippen molar-refractivity contribution >= 4 is 22.9 Å². The van der Waals surface area contributed by atoms with Gasteiger partial charge >= 0.3 is 0 Å². The van der Waals surface area contributed by atoms with E-state index < -0.39 is 0 Å².